The molecule has 0 fully saturated rings. The Morgan fingerprint density at radius 1 is 1.35 bits per heavy atom. The molecular formula is C12H24O4S. The summed E-state index contributed by atoms with van der Waals surface area (Å²) in [6, 6.07) is 0. The molecule has 0 aromatic carbocycles. The van der Waals surface area contributed by atoms with Gasteiger partial charge in [0.1, 0.15) is 6.10 Å². The number of ether oxygens (including phenoxy) is 2. The number of carbonyl (C=O) groups is 1. The van der Waals surface area contributed by atoms with Crippen LogP contribution in [0.4, 0.5) is 0 Å². The zero-order valence-electron chi connectivity index (χ0n) is 11.2. The van der Waals surface area contributed by atoms with E-state index in [4.69, 9.17) is 9.47 Å². The molecule has 0 bridgehead atoms. The maximum absolute atomic E-state index is 11.7. The van der Waals surface area contributed by atoms with E-state index in [0.29, 0.717) is 18.1 Å². The fourth-order valence-electron chi connectivity index (χ4n) is 1.25. The van der Waals surface area contributed by atoms with Gasteiger partial charge in [0, 0.05) is 23.5 Å². The minimum Gasteiger partial charge on any atom is -0.459 e. The highest BCUT2D eigenvalue weighted by Gasteiger charge is 2.16. The molecule has 0 aliphatic heterocycles. The van der Waals surface area contributed by atoms with Crippen molar-refractivity contribution in [3.8, 4) is 0 Å². The topological polar surface area (TPSA) is 52.6 Å². The Morgan fingerprint density at radius 3 is 2.47 bits per heavy atom. The maximum atomic E-state index is 11.7. The standard InChI is InChI=1S/C12H24O4S/c1-5-6-7-17(14)9-12(16-11(4)13)8-15-10(2)3/h10,12H,5-9H2,1-4H3/t12-,17+/m1/s1. The van der Waals surface area contributed by atoms with Gasteiger partial charge in [-0.1, -0.05) is 13.3 Å². The van der Waals surface area contributed by atoms with Gasteiger partial charge in [0.25, 0.3) is 0 Å². The minimum atomic E-state index is -0.938. The van der Waals surface area contributed by atoms with Crippen LogP contribution in [0.3, 0.4) is 0 Å². The van der Waals surface area contributed by atoms with Gasteiger partial charge >= 0.3 is 5.97 Å². The van der Waals surface area contributed by atoms with Crippen molar-refractivity contribution < 1.29 is 18.5 Å². The van der Waals surface area contributed by atoms with E-state index in [1.54, 1.807) is 0 Å². The molecule has 0 aliphatic carbocycles. The Morgan fingerprint density at radius 2 is 2.00 bits per heavy atom. The molecule has 0 saturated carbocycles. The average Bonchev–Trinajstić information content (AvgIpc) is 2.22. The van der Waals surface area contributed by atoms with E-state index >= 15 is 0 Å². The molecule has 5 heteroatoms. The van der Waals surface area contributed by atoms with Gasteiger partial charge in [0.2, 0.25) is 0 Å². The van der Waals surface area contributed by atoms with Crippen molar-refractivity contribution in [3.63, 3.8) is 0 Å². The molecule has 0 spiro atoms. The van der Waals surface area contributed by atoms with Crippen LogP contribution in [0.2, 0.25) is 0 Å². The van der Waals surface area contributed by atoms with E-state index in [2.05, 4.69) is 6.92 Å². The van der Waals surface area contributed by atoms with E-state index in [-0.39, 0.29) is 12.1 Å². The highest BCUT2D eigenvalue weighted by molar-refractivity contribution is 7.85. The predicted molar refractivity (Wildman–Crippen MR) is 69.4 cm³/mol. The number of hydrogen-bond donors (Lipinski definition) is 0. The van der Waals surface area contributed by atoms with Crippen molar-refractivity contribution in [2.75, 3.05) is 18.1 Å². The quantitative estimate of drug-likeness (QED) is 0.597. The van der Waals surface area contributed by atoms with Crippen molar-refractivity contribution in [2.45, 2.75) is 52.7 Å². The SMILES string of the molecule is CCCC[S@](=O)C[C@@H](COC(C)C)OC(C)=O. The third kappa shape index (κ3) is 10.5. The Balaban J connectivity index is 4.08. The lowest BCUT2D eigenvalue weighted by molar-refractivity contribution is -0.148. The van der Waals surface area contributed by atoms with Crippen LogP contribution in [0.5, 0.6) is 0 Å². The van der Waals surface area contributed by atoms with Crippen molar-refractivity contribution >= 4 is 16.8 Å². The first kappa shape index (κ1) is 16.6. The first-order chi connectivity index (χ1) is 7.95. The third-order valence-corrected chi connectivity index (χ3v) is 3.53. The van der Waals surface area contributed by atoms with E-state index in [9.17, 15) is 9.00 Å². The molecule has 0 aliphatic rings. The van der Waals surface area contributed by atoms with Crippen LogP contribution in [0.15, 0.2) is 0 Å². The van der Waals surface area contributed by atoms with Crippen LogP contribution < -0.4 is 0 Å². The fraction of sp³-hybridized carbons (Fsp3) is 0.917. The summed E-state index contributed by atoms with van der Waals surface area (Å²) in [5.74, 6) is 0.678. The zero-order valence-corrected chi connectivity index (χ0v) is 12.0. The zero-order chi connectivity index (χ0) is 13.3. The Hall–Kier alpha value is -0.420. The number of carbonyl (C=O) groups excluding carboxylic acids is 1. The molecule has 0 saturated heterocycles. The molecule has 0 N–H and O–H groups in total. The van der Waals surface area contributed by atoms with Crippen LogP contribution in [0.25, 0.3) is 0 Å². The summed E-state index contributed by atoms with van der Waals surface area (Å²) in [7, 11) is -0.938. The van der Waals surface area contributed by atoms with Gasteiger partial charge in [-0.05, 0) is 20.3 Å². The second-order valence-electron chi connectivity index (χ2n) is 4.28. The van der Waals surface area contributed by atoms with E-state index < -0.39 is 16.9 Å². The highest BCUT2D eigenvalue weighted by atomic mass is 32.2. The minimum absolute atomic E-state index is 0.0807. The molecular weight excluding hydrogens is 240 g/mol. The number of rotatable bonds is 9. The predicted octanol–water partition coefficient (Wildman–Crippen LogP) is 1.89. The molecule has 2 atom stereocenters. The summed E-state index contributed by atoms with van der Waals surface area (Å²) in [5, 5.41) is 0. The molecule has 0 heterocycles. The lowest BCUT2D eigenvalue weighted by Gasteiger charge is -2.18. The second-order valence-corrected chi connectivity index (χ2v) is 5.90. The summed E-state index contributed by atoms with van der Waals surface area (Å²) in [6.07, 6.45) is 1.64. The van der Waals surface area contributed by atoms with Crippen molar-refractivity contribution in [1.82, 2.24) is 0 Å². The van der Waals surface area contributed by atoms with Gasteiger partial charge in [0.15, 0.2) is 0 Å². The molecule has 0 aromatic heterocycles. The highest BCUT2D eigenvalue weighted by Crippen LogP contribution is 2.02. The molecule has 0 rings (SSSR count). The Labute approximate surface area is 107 Å². The van der Waals surface area contributed by atoms with E-state index in [1.165, 1.54) is 6.92 Å². The maximum Gasteiger partial charge on any atom is 0.303 e. The summed E-state index contributed by atoms with van der Waals surface area (Å²) in [4.78, 5) is 10.9. The van der Waals surface area contributed by atoms with Crippen LogP contribution >= 0.6 is 0 Å². The van der Waals surface area contributed by atoms with Gasteiger partial charge < -0.3 is 9.47 Å². The summed E-state index contributed by atoms with van der Waals surface area (Å²) in [5.41, 5.74) is 0. The van der Waals surface area contributed by atoms with Crippen LogP contribution in [0.1, 0.15) is 40.5 Å². The van der Waals surface area contributed by atoms with Gasteiger partial charge in [-0.3, -0.25) is 9.00 Å². The molecule has 0 unspecified atom stereocenters. The van der Waals surface area contributed by atoms with Crippen molar-refractivity contribution in [1.29, 1.82) is 0 Å². The van der Waals surface area contributed by atoms with Crippen LogP contribution in [-0.4, -0.2) is 40.5 Å². The monoisotopic (exact) mass is 264 g/mol. The molecule has 102 valence electrons. The smallest absolute Gasteiger partial charge is 0.303 e. The summed E-state index contributed by atoms with van der Waals surface area (Å²) in [6.45, 7) is 7.56. The summed E-state index contributed by atoms with van der Waals surface area (Å²) >= 11 is 0. The average molecular weight is 264 g/mol. The van der Waals surface area contributed by atoms with Gasteiger partial charge in [0.05, 0.1) is 18.5 Å². The molecule has 0 amide bonds. The normalized spacial score (nSPS) is 14.6. The molecule has 0 radical (unpaired) electrons. The second kappa shape index (κ2) is 9.59. The largest absolute Gasteiger partial charge is 0.459 e. The third-order valence-electron chi connectivity index (χ3n) is 2.05. The number of esters is 1. The summed E-state index contributed by atoms with van der Waals surface area (Å²) < 4.78 is 22.2. The molecule has 17 heavy (non-hydrogen) atoms. The van der Waals surface area contributed by atoms with Crippen molar-refractivity contribution in [2.24, 2.45) is 0 Å². The lowest BCUT2D eigenvalue weighted by Crippen LogP contribution is -2.30. The van der Waals surface area contributed by atoms with Crippen LogP contribution in [0, 0.1) is 0 Å². The lowest BCUT2D eigenvalue weighted by atomic mass is 10.4. The number of hydrogen-bond acceptors (Lipinski definition) is 4. The first-order valence-corrected chi connectivity index (χ1v) is 7.58. The Bertz CT molecular complexity index is 241. The van der Waals surface area contributed by atoms with E-state index in [1.807, 2.05) is 13.8 Å². The fourth-order valence-corrected chi connectivity index (χ4v) is 2.60. The Kier molecular flexibility index (Phi) is 9.36. The van der Waals surface area contributed by atoms with Gasteiger partial charge in [-0.15, -0.1) is 0 Å². The van der Waals surface area contributed by atoms with Gasteiger partial charge in [-0.25, -0.2) is 0 Å². The van der Waals surface area contributed by atoms with Crippen LogP contribution in [-0.2, 0) is 25.1 Å². The van der Waals surface area contributed by atoms with E-state index in [0.717, 1.165) is 12.8 Å². The van der Waals surface area contributed by atoms with Gasteiger partial charge in [-0.2, -0.15) is 0 Å². The first-order valence-electron chi connectivity index (χ1n) is 6.09. The van der Waals surface area contributed by atoms with Crippen molar-refractivity contribution in [3.05, 3.63) is 0 Å². The number of unbranched alkanes of at least 4 members (excludes halogenated alkanes) is 1. The molecule has 4 nitrogen and oxygen atoms in total. The molecule has 0 aromatic rings.